The molecular formula is C9H17N3O4. The zero-order valence-corrected chi connectivity index (χ0v) is 9.09. The Labute approximate surface area is 93.2 Å². The minimum absolute atomic E-state index is 0.127. The molecule has 1 rings (SSSR count). The summed E-state index contributed by atoms with van der Waals surface area (Å²) >= 11 is 0. The maximum Gasteiger partial charge on any atom is 0.407 e. The van der Waals surface area contributed by atoms with Gasteiger partial charge in [0, 0.05) is 25.2 Å². The molecule has 0 saturated carbocycles. The van der Waals surface area contributed by atoms with Gasteiger partial charge < -0.3 is 26.2 Å². The Morgan fingerprint density at radius 2 is 2.25 bits per heavy atom. The highest BCUT2D eigenvalue weighted by Crippen LogP contribution is 2.17. The summed E-state index contributed by atoms with van der Waals surface area (Å²) in [5.74, 6) is -0.549. The molecule has 7 heteroatoms. The highest BCUT2D eigenvalue weighted by Gasteiger charge is 2.33. The first-order chi connectivity index (χ1) is 7.45. The summed E-state index contributed by atoms with van der Waals surface area (Å²) in [6, 6.07) is -0.377. The third kappa shape index (κ3) is 2.83. The van der Waals surface area contributed by atoms with Crippen LogP contribution in [0.15, 0.2) is 0 Å². The summed E-state index contributed by atoms with van der Waals surface area (Å²) in [5, 5.41) is 20.6. The molecular weight excluding hydrogens is 214 g/mol. The lowest BCUT2D eigenvalue weighted by atomic mass is 10.2. The van der Waals surface area contributed by atoms with Crippen molar-refractivity contribution in [3.8, 4) is 0 Å². The molecule has 1 heterocycles. The second kappa shape index (κ2) is 5.13. The van der Waals surface area contributed by atoms with Gasteiger partial charge in [0.25, 0.3) is 0 Å². The fourth-order valence-electron chi connectivity index (χ4n) is 1.81. The summed E-state index contributed by atoms with van der Waals surface area (Å²) < 4.78 is 0. The molecule has 92 valence electrons. The van der Waals surface area contributed by atoms with Crippen LogP contribution in [0, 0.1) is 0 Å². The van der Waals surface area contributed by atoms with E-state index in [2.05, 4.69) is 5.32 Å². The summed E-state index contributed by atoms with van der Waals surface area (Å²) in [6.45, 7) is 1.88. The van der Waals surface area contributed by atoms with Crippen molar-refractivity contribution in [3.63, 3.8) is 0 Å². The van der Waals surface area contributed by atoms with Gasteiger partial charge >= 0.3 is 6.09 Å². The summed E-state index contributed by atoms with van der Waals surface area (Å²) in [7, 11) is 0. The molecule has 0 aromatic carbocycles. The summed E-state index contributed by atoms with van der Waals surface area (Å²) in [5.41, 5.74) is 5.13. The molecule has 0 aromatic heterocycles. The van der Waals surface area contributed by atoms with Crippen LogP contribution in [0.2, 0.25) is 0 Å². The second-order valence-electron chi connectivity index (χ2n) is 3.98. The molecule has 0 aromatic rings. The average Bonchev–Trinajstić information content (AvgIpc) is 2.58. The SMILES string of the molecule is C[C@@H]1C[C@@H](NC(=O)[C@@H](O)CN)CN1C(=O)O. The highest BCUT2D eigenvalue weighted by molar-refractivity contribution is 5.81. The van der Waals surface area contributed by atoms with E-state index in [1.807, 2.05) is 0 Å². The number of carboxylic acid groups (broad SMARTS) is 1. The third-order valence-electron chi connectivity index (χ3n) is 2.69. The average molecular weight is 231 g/mol. The van der Waals surface area contributed by atoms with Gasteiger partial charge in [0.15, 0.2) is 0 Å². The van der Waals surface area contributed by atoms with Gasteiger partial charge in [0.05, 0.1) is 0 Å². The van der Waals surface area contributed by atoms with Crippen LogP contribution in [0.25, 0.3) is 0 Å². The van der Waals surface area contributed by atoms with Gasteiger partial charge in [-0.15, -0.1) is 0 Å². The molecule has 0 aliphatic carbocycles. The number of nitrogens with zero attached hydrogens (tertiary/aromatic N) is 1. The van der Waals surface area contributed by atoms with Gasteiger partial charge in [-0.25, -0.2) is 4.79 Å². The quantitative estimate of drug-likeness (QED) is 0.475. The Hall–Kier alpha value is -1.34. The van der Waals surface area contributed by atoms with Crippen LogP contribution in [0.1, 0.15) is 13.3 Å². The van der Waals surface area contributed by atoms with Crippen LogP contribution in [-0.4, -0.2) is 58.4 Å². The van der Waals surface area contributed by atoms with E-state index in [4.69, 9.17) is 15.9 Å². The molecule has 1 fully saturated rings. The first-order valence-electron chi connectivity index (χ1n) is 5.13. The Morgan fingerprint density at radius 3 is 2.69 bits per heavy atom. The van der Waals surface area contributed by atoms with Crippen molar-refractivity contribution in [1.29, 1.82) is 0 Å². The van der Waals surface area contributed by atoms with Gasteiger partial charge in [-0.3, -0.25) is 4.79 Å². The number of nitrogens with two attached hydrogens (primary N) is 1. The highest BCUT2D eigenvalue weighted by atomic mass is 16.4. The van der Waals surface area contributed by atoms with Crippen molar-refractivity contribution < 1.29 is 19.8 Å². The molecule has 5 N–H and O–H groups in total. The van der Waals surface area contributed by atoms with Gasteiger partial charge in [-0.05, 0) is 13.3 Å². The Kier molecular flexibility index (Phi) is 4.08. The largest absolute Gasteiger partial charge is 0.465 e. The molecule has 2 amide bonds. The number of aliphatic hydroxyl groups excluding tert-OH is 1. The minimum atomic E-state index is -1.23. The lowest BCUT2D eigenvalue weighted by Gasteiger charge is -2.17. The lowest BCUT2D eigenvalue weighted by molar-refractivity contribution is -0.129. The maximum absolute atomic E-state index is 11.3. The van der Waals surface area contributed by atoms with E-state index in [1.165, 1.54) is 4.90 Å². The van der Waals surface area contributed by atoms with E-state index in [-0.39, 0.29) is 25.2 Å². The van der Waals surface area contributed by atoms with Crippen LogP contribution in [0.3, 0.4) is 0 Å². The van der Waals surface area contributed by atoms with Crippen molar-refractivity contribution in [2.45, 2.75) is 31.5 Å². The summed E-state index contributed by atoms with van der Waals surface area (Å²) in [4.78, 5) is 23.3. The molecule has 1 saturated heterocycles. The fraction of sp³-hybridized carbons (Fsp3) is 0.778. The smallest absolute Gasteiger partial charge is 0.407 e. The van der Waals surface area contributed by atoms with E-state index < -0.39 is 18.1 Å². The van der Waals surface area contributed by atoms with Crippen LogP contribution in [-0.2, 0) is 4.79 Å². The van der Waals surface area contributed by atoms with Gasteiger partial charge in [-0.1, -0.05) is 0 Å². The summed E-state index contributed by atoms with van der Waals surface area (Å²) in [6.07, 6.45) is -1.67. The van der Waals surface area contributed by atoms with E-state index in [0.29, 0.717) is 6.42 Å². The van der Waals surface area contributed by atoms with E-state index in [0.717, 1.165) is 0 Å². The Morgan fingerprint density at radius 1 is 1.62 bits per heavy atom. The van der Waals surface area contributed by atoms with Crippen LogP contribution >= 0.6 is 0 Å². The predicted molar refractivity (Wildman–Crippen MR) is 55.8 cm³/mol. The molecule has 0 radical (unpaired) electrons. The number of carbonyl (C=O) groups excluding carboxylic acids is 1. The number of aliphatic hydroxyl groups is 1. The normalized spacial score (nSPS) is 26.6. The van der Waals surface area contributed by atoms with Crippen molar-refractivity contribution in [2.75, 3.05) is 13.1 Å². The number of rotatable bonds is 3. The first kappa shape index (κ1) is 12.7. The van der Waals surface area contributed by atoms with E-state index in [1.54, 1.807) is 6.92 Å². The number of hydrogen-bond donors (Lipinski definition) is 4. The topological polar surface area (TPSA) is 116 Å². The molecule has 7 nitrogen and oxygen atoms in total. The van der Waals surface area contributed by atoms with Crippen LogP contribution in [0.5, 0.6) is 0 Å². The van der Waals surface area contributed by atoms with Gasteiger partial charge in [0.1, 0.15) is 6.10 Å². The maximum atomic E-state index is 11.3. The molecule has 0 unspecified atom stereocenters. The molecule has 0 spiro atoms. The van der Waals surface area contributed by atoms with Crippen molar-refractivity contribution in [1.82, 2.24) is 10.2 Å². The number of carbonyl (C=O) groups is 2. The Bertz CT molecular complexity index is 284. The predicted octanol–water partition coefficient (Wildman–Crippen LogP) is -1.44. The Balaban J connectivity index is 2.47. The molecule has 16 heavy (non-hydrogen) atoms. The monoisotopic (exact) mass is 231 g/mol. The number of likely N-dealkylation sites (tertiary alicyclic amines) is 1. The molecule has 1 aliphatic rings. The van der Waals surface area contributed by atoms with Crippen molar-refractivity contribution >= 4 is 12.0 Å². The first-order valence-corrected chi connectivity index (χ1v) is 5.13. The molecule has 0 bridgehead atoms. The van der Waals surface area contributed by atoms with Gasteiger partial charge in [-0.2, -0.15) is 0 Å². The minimum Gasteiger partial charge on any atom is -0.465 e. The number of nitrogens with one attached hydrogen (secondary N) is 1. The van der Waals surface area contributed by atoms with Crippen LogP contribution < -0.4 is 11.1 Å². The third-order valence-corrected chi connectivity index (χ3v) is 2.69. The fourth-order valence-corrected chi connectivity index (χ4v) is 1.81. The second-order valence-corrected chi connectivity index (χ2v) is 3.98. The van der Waals surface area contributed by atoms with Crippen molar-refractivity contribution in [2.24, 2.45) is 5.73 Å². The number of amides is 2. The zero-order chi connectivity index (χ0) is 12.3. The standard InChI is InChI=1S/C9H17N3O4/c1-5-2-6(4-12(5)9(15)16)11-8(14)7(13)3-10/h5-7,13H,2-4,10H2,1H3,(H,11,14)(H,15,16)/t5-,6-,7+/m1/s1. The van der Waals surface area contributed by atoms with Crippen molar-refractivity contribution in [3.05, 3.63) is 0 Å². The zero-order valence-electron chi connectivity index (χ0n) is 9.09. The van der Waals surface area contributed by atoms with E-state index >= 15 is 0 Å². The lowest BCUT2D eigenvalue weighted by Crippen LogP contribution is -2.45. The molecule has 1 aliphatic heterocycles. The van der Waals surface area contributed by atoms with Gasteiger partial charge in [0.2, 0.25) is 5.91 Å². The molecule has 3 atom stereocenters. The number of hydrogen-bond acceptors (Lipinski definition) is 4. The van der Waals surface area contributed by atoms with E-state index in [9.17, 15) is 9.59 Å². The van der Waals surface area contributed by atoms with Crippen LogP contribution in [0.4, 0.5) is 4.79 Å².